The molecule has 136 heavy (non-hydrogen) atoms. The highest BCUT2D eigenvalue weighted by Gasteiger charge is 2.29. The highest BCUT2D eigenvalue weighted by molar-refractivity contribution is 6.30. The number of nitrogens with one attached hydrogen (secondary N) is 7. The number of hydrogen-bond donors (Lipinski definition) is 15. The maximum Gasteiger partial charge on any atom is 0.251 e. The van der Waals surface area contributed by atoms with Crippen molar-refractivity contribution in [1.29, 1.82) is 0 Å². The smallest absolute Gasteiger partial charge is 0.251 e. The number of fused-ring (bicyclic) bond motifs is 5. The zero-order valence-corrected chi connectivity index (χ0v) is 75.4. The number of aromatic hydroxyl groups is 4. The Balaban J connectivity index is 0.000000123. The normalized spacial score (nSPS) is 11.1. The molecule has 0 radical (unpaired) electrons. The summed E-state index contributed by atoms with van der Waals surface area (Å²) in [5.41, 5.74) is 36.1. The van der Waals surface area contributed by atoms with Gasteiger partial charge >= 0.3 is 0 Å². The number of aromatic amines is 5. The van der Waals surface area contributed by atoms with Crippen molar-refractivity contribution in [2.45, 2.75) is 33.6 Å². The van der Waals surface area contributed by atoms with Gasteiger partial charge in [0.15, 0.2) is 57.9 Å². The van der Waals surface area contributed by atoms with Crippen molar-refractivity contribution in [3.63, 3.8) is 0 Å². The number of primary amides is 3. The molecule has 0 bridgehead atoms. The maximum absolute atomic E-state index is 11.9. The number of halogens is 1. The zero-order chi connectivity index (χ0) is 96.0. The highest BCUT2D eigenvalue weighted by atomic mass is 35.5. The zero-order valence-electron chi connectivity index (χ0n) is 74.6. The van der Waals surface area contributed by atoms with Gasteiger partial charge in [0.1, 0.15) is 56.9 Å². The number of aliphatic hydroxyl groups is 1. The largest absolute Gasteiger partial charge is 0.504 e. The molecule has 37 nitrogen and oxygen atoms in total. The van der Waals surface area contributed by atoms with Gasteiger partial charge in [-0.25, -0.2) is 24.9 Å². The van der Waals surface area contributed by atoms with E-state index in [1.165, 1.54) is 4.68 Å². The van der Waals surface area contributed by atoms with Crippen LogP contribution in [0, 0.1) is 0 Å². The third-order valence-electron chi connectivity index (χ3n) is 22.2. The molecule has 0 saturated heterocycles. The lowest BCUT2D eigenvalue weighted by molar-refractivity contribution is 0.0955. The van der Waals surface area contributed by atoms with Crippen LogP contribution in [-0.2, 0) is 52.7 Å². The van der Waals surface area contributed by atoms with E-state index >= 15 is 0 Å². The minimum Gasteiger partial charge on any atom is -0.504 e. The number of nitrogens with two attached hydrogens (primary N) is 3. The van der Waals surface area contributed by atoms with Gasteiger partial charge in [0.2, 0.25) is 17.7 Å². The van der Waals surface area contributed by atoms with Crippen molar-refractivity contribution >= 4 is 96.3 Å². The summed E-state index contributed by atoms with van der Waals surface area (Å²) in [6, 6.07) is 66.7. The first-order valence-electron chi connectivity index (χ1n) is 42.4. The van der Waals surface area contributed by atoms with E-state index in [1.54, 1.807) is 195 Å². The molecule has 0 aliphatic heterocycles. The van der Waals surface area contributed by atoms with E-state index in [0.29, 0.717) is 177 Å². The number of imidazole rings is 5. The van der Waals surface area contributed by atoms with Crippen LogP contribution in [0.3, 0.4) is 0 Å². The van der Waals surface area contributed by atoms with E-state index in [2.05, 4.69) is 86.0 Å². The number of aryl methyl sites for hydroxylation is 5. The van der Waals surface area contributed by atoms with Crippen molar-refractivity contribution in [3.05, 3.63) is 268 Å². The van der Waals surface area contributed by atoms with E-state index in [1.807, 2.05) is 112 Å². The van der Waals surface area contributed by atoms with Gasteiger partial charge in [0.25, 0.3) is 11.8 Å². The number of aliphatic hydroxyl groups excluding tert-OH is 1. The summed E-state index contributed by atoms with van der Waals surface area (Å²) < 4.78 is 19.2. The second-order valence-corrected chi connectivity index (χ2v) is 31.4. The molecule has 0 aliphatic rings. The number of carbonyl (C=O) groups is 5. The Kier molecular flexibility index (Phi) is 26.3. The quantitative estimate of drug-likeness (QED) is 0.0318. The van der Waals surface area contributed by atoms with Crippen LogP contribution in [-0.4, -0.2) is 182 Å². The number of methoxy groups -OCH3 is 1. The molecular formula is C98H90ClN25O12. The SMILES string of the molecule is CCOCc1ccc(-c2nn(C)c(-c3nc4ccc(C(N)=O)cc4[nH]3)c2O)cc1.CCn1nc(-c2ccc(Cl)cc2)c(O)c1-c1nc2ccc(C(N)=O)cc2[nH]1.CNC(=O)c1ccc2nc(-c3c(O)c(-c4ccccc4)nn3C)[nH]c2c1.CNC(=O)c1ccc2nc(-c3c(OC)c(-c4ccccc4)nn3C)[nH]c2c1.Cn1nc(-c2ccc(CO)cc2)c(O)c1-c1nc2ccc(C(N)=O)cc2[nH]1. The first-order chi connectivity index (χ1) is 65.6. The molecule has 0 aliphatic carbocycles. The first-order valence-corrected chi connectivity index (χ1v) is 42.8. The summed E-state index contributed by atoms with van der Waals surface area (Å²) in [4.78, 5) is 96.3. The summed E-state index contributed by atoms with van der Waals surface area (Å²) in [5.74, 6) is 1.34. The van der Waals surface area contributed by atoms with Crippen molar-refractivity contribution in [1.82, 2.24) is 109 Å². The minimum absolute atomic E-state index is 0.0107. The summed E-state index contributed by atoms with van der Waals surface area (Å²) in [6.45, 7) is 5.57. The van der Waals surface area contributed by atoms with Gasteiger partial charge in [-0.1, -0.05) is 133 Å². The van der Waals surface area contributed by atoms with Crippen LogP contribution in [0.1, 0.15) is 76.8 Å². The first kappa shape index (κ1) is 91.5. The van der Waals surface area contributed by atoms with Crippen LogP contribution in [0.15, 0.2) is 224 Å². The topological polar surface area (TPSA) is 540 Å². The molecule has 0 saturated carbocycles. The molecule has 0 spiro atoms. The van der Waals surface area contributed by atoms with Gasteiger partial charge in [-0.2, -0.15) is 25.5 Å². The summed E-state index contributed by atoms with van der Waals surface area (Å²) in [6.07, 6.45) is 0. The average molecular weight is 1850 g/mol. The Morgan fingerprint density at radius 2 is 0.669 bits per heavy atom. The molecule has 10 aromatic heterocycles. The van der Waals surface area contributed by atoms with Gasteiger partial charge < -0.3 is 87.8 Å². The Bertz CT molecular complexity index is 7900. The number of hydrogen-bond acceptors (Lipinski definition) is 22. The standard InChI is InChI=1S/C21H21N5O3.C20H19N5O2.C19H16ClN5O2.C19H17N5O3.C19H17N5O2/c1-3-29-11-12-4-6-13(7-5-12)17-19(27)18(26(2)25-17)21-23-15-9-8-14(20(22)28)10-16(15)24-21;1-21-20(26)13-9-10-14-15(11-13)23-19(22-14)17-18(27-3)16(24-25(17)2)12-7-5-4-6-8-12;1-2-25-16(17(26)15(24-25)10-3-6-12(20)7-4-10)19-22-13-8-5-11(18(21)27)9-14(13)23-19;1-24-16(17(26)15(23-24)11-4-2-10(9-25)3-5-11)19-21-13-7-6-12(18(20)27)8-14(13)22-19;1-20-19(26)12-8-9-13-14(10-12)22-18(21-13)16-17(25)15(23-24(16)2)11-6-4-3-5-7-11/h4-10,27H,3,11H2,1-2H3,(H2,22,28)(H,23,24);4-11H,1-3H3,(H,21,26)(H,22,23);3-9,26H,2H2,1H3,(H2,21,27)(H,22,23);2-8,25-26H,9H2,1H3,(H2,20,27)(H,21,22);3-10,25H,1-2H3,(H,20,26)(H,21,22). The van der Waals surface area contributed by atoms with E-state index in [-0.39, 0.29) is 41.4 Å². The third-order valence-corrected chi connectivity index (χ3v) is 22.4. The lowest BCUT2D eigenvalue weighted by Crippen LogP contribution is -2.17. The van der Waals surface area contributed by atoms with Crippen molar-refractivity contribution in [2.24, 2.45) is 45.4 Å². The Hall–Kier alpha value is -17.8. The lowest BCUT2D eigenvalue weighted by Gasteiger charge is -2.03. The summed E-state index contributed by atoms with van der Waals surface area (Å²) in [5, 5.41) is 80.6. The molecule has 18 N–H and O–H groups in total. The molecule has 5 amide bonds. The predicted octanol–water partition coefficient (Wildman–Crippen LogP) is 14.2. The van der Waals surface area contributed by atoms with Gasteiger partial charge in [0, 0.05) is 116 Å². The molecule has 38 heteroatoms. The van der Waals surface area contributed by atoms with Gasteiger partial charge in [-0.3, -0.25) is 47.4 Å². The van der Waals surface area contributed by atoms with E-state index < -0.39 is 17.7 Å². The summed E-state index contributed by atoms with van der Waals surface area (Å²) in [7, 11) is 11.9. The Morgan fingerprint density at radius 1 is 0.375 bits per heavy atom. The van der Waals surface area contributed by atoms with Gasteiger partial charge in [-0.15, -0.1) is 0 Å². The molecule has 10 aromatic carbocycles. The minimum atomic E-state index is -0.523. The number of nitrogens with zero attached hydrogens (tertiary/aromatic N) is 15. The van der Waals surface area contributed by atoms with Crippen LogP contribution in [0.4, 0.5) is 0 Å². The number of rotatable bonds is 21. The number of benzene rings is 10. The molecule has 20 rings (SSSR count). The van der Waals surface area contributed by atoms with Crippen LogP contribution < -0.4 is 32.6 Å². The molecular weight excluding hydrogens is 1750 g/mol. The van der Waals surface area contributed by atoms with Crippen LogP contribution >= 0.6 is 11.6 Å². The number of carbonyl (C=O) groups excluding carboxylic acids is 5. The average Bonchev–Trinajstić information content (AvgIpc) is 1.63. The Morgan fingerprint density at radius 3 is 1.01 bits per heavy atom. The predicted molar refractivity (Wildman–Crippen MR) is 515 cm³/mol. The number of ether oxygens (including phenoxy) is 2. The number of amides is 5. The molecule has 0 atom stereocenters. The second kappa shape index (κ2) is 39.1. The van der Waals surface area contributed by atoms with Crippen LogP contribution in [0.25, 0.3) is 169 Å². The monoisotopic (exact) mass is 1840 g/mol. The lowest BCUT2D eigenvalue weighted by atomic mass is 10.1. The van der Waals surface area contributed by atoms with Crippen LogP contribution in [0.2, 0.25) is 5.02 Å². The molecule has 10 heterocycles. The molecule has 686 valence electrons. The number of aromatic nitrogens is 20. The van der Waals surface area contributed by atoms with Gasteiger partial charge in [0.05, 0.1) is 75.5 Å². The molecule has 0 unspecified atom stereocenters. The van der Waals surface area contributed by atoms with Crippen molar-refractivity contribution in [2.75, 3.05) is 27.8 Å². The van der Waals surface area contributed by atoms with Crippen molar-refractivity contribution < 1.29 is 59.0 Å². The van der Waals surface area contributed by atoms with E-state index in [4.69, 9.17) is 43.4 Å². The highest BCUT2D eigenvalue weighted by Crippen LogP contribution is 2.44. The van der Waals surface area contributed by atoms with Gasteiger partial charge in [-0.05, 0) is 128 Å². The fraction of sp³-hybridized carbons (Fsp3) is 0.133. The summed E-state index contributed by atoms with van der Waals surface area (Å²) >= 11 is 5.94. The fourth-order valence-corrected chi connectivity index (χ4v) is 15.5. The van der Waals surface area contributed by atoms with E-state index in [0.717, 1.165) is 61.4 Å². The van der Waals surface area contributed by atoms with Crippen molar-refractivity contribution in [3.8, 4) is 143 Å². The van der Waals surface area contributed by atoms with E-state index in [9.17, 15) is 44.4 Å². The number of H-pyrrole nitrogens is 5. The molecule has 20 aromatic rings. The Labute approximate surface area is 778 Å². The van der Waals surface area contributed by atoms with Crippen LogP contribution in [0.5, 0.6) is 28.7 Å². The maximum atomic E-state index is 11.9. The molecule has 0 fully saturated rings. The second-order valence-electron chi connectivity index (χ2n) is 31.0. The third kappa shape index (κ3) is 18.7. The fourth-order valence-electron chi connectivity index (χ4n) is 15.4.